The van der Waals surface area contributed by atoms with E-state index in [0.29, 0.717) is 6.42 Å². The molecule has 1 aromatic rings. The van der Waals surface area contributed by atoms with Gasteiger partial charge >= 0.3 is 0 Å². The number of thioether (sulfide) groups is 1. The molecule has 0 aliphatic carbocycles. The van der Waals surface area contributed by atoms with Gasteiger partial charge in [0.05, 0.1) is 9.80 Å². The first kappa shape index (κ1) is 11.7. The van der Waals surface area contributed by atoms with Gasteiger partial charge in [-0.15, -0.1) is 11.8 Å². The first-order valence-electron chi connectivity index (χ1n) is 4.41. The Balaban J connectivity index is 2.80. The minimum atomic E-state index is -0.846. The maximum absolute atomic E-state index is 10.2. The van der Waals surface area contributed by atoms with Crippen LogP contribution in [0.2, 0.25) is 0 Å². The summed E-state index contributed by atoms with van der Waals surface area (Å²) >= 11 is 6.62. The van der Waals surface area contributed by atoms with Crippen molar-refractivity contribution in [3.63, 3.8) is 0 Å². The summed E-state index contributed by atoms with van der Waals surface area (Å²) in [6, 6.07) is 9.62. The van der Waals surface area contributed by atoms with E-state index in [1.807, 2.05) is 36.6 Å². The van der Waals surface area contributed by atoms with Gasteiger partial charge in [-0.05, 0) is 18.7 Å². The molecule has 3 heteroatoms. The second kappa shape index (κ2) is 4.91. The van der Waals surface area contributed by atoms with E-state index in [1.54, 1.807) is 6.92 Å². The largest absolute Gasteiger partial charge is 0.385 e. The lowest BCUT2D eigenvalue weighted by Gasteiger charge is -2.23. The summed E-state index contributed by atoms with van der Waals surface area (Å²) < 4.78 is 0.832. The third kappa shape index (κ3) is 3.08. The SMILES string of the molecule is CSC(=S)C[C@](C)(O)c1ccccc1. The number of hydrogen-bond acceptors (Lipinski definition) is 3. The Labute approximate surface area is 94.5 Å². The predicted octanol–water partition coefficient (Wildman–Crippen LogP) is 2.97. The fourth-order valence-electron chi connectivity index (χ4n) is 1.25. The van der Waals surface area contributed by atoms with E-state index >= 15 is 0 Å². The average molecular weight is 226 g/mol. The van der Waals surface area contributed by atoms with E-state index in [-0.39, 0.29) is 0 Å². The molecule has 1 atom stereocenters. The first-order valence-corrected chi connectivity index (χ1v) is 6.04. The fourth-order valence-corrected chi connectivity index (χ4v) is 1.96. The Bertz CT molecular complexity index is 306. The van der Waals surface area contributed by atoms with Crippen molar-refractivity contribution in [2.75, 3.05) is 6.26 Å². The predicted molar refractivity (Wildman–Crippen MR) is 66.7 cm³/mol. The van der Waals surface area contributed by atoms with Crippen LogP contribution in [0.1, 0.15) is 18.9 Å². The van der Waals surface area contributed by atoms with E-state index < -0.39 is 5.60 Å². The van der Waals surface area contributed by atoms with E-state index in [9.17, 15) is 5.11 Å². The lowest BCUT2D eigenvalue weighted by molar-refractivity contribution is 0.0665. The van der Waals surface area contributed by atoms with E-state index in [1.165, 1.54) is 11.8 Å². The maximum atomic E-state index is 10.2. The summed E-state index contributed by atoms with van der Waals surface area (Å²) in [5.74, 6) is 0. The van der Waals surface area contributed by atoms with E-state index in [0.717, 1.165) is 9.76 Å². The van der Waals surface area contributed by atoms with Crippen LogP contribution in [0.3, 0.4) is 0 Å². The highest BCUT2D eigenvalue weighted by Crippen LogP contribution is 2.26. The van der Waals surface area contributed by atoms with Crippen LogP contribution in [0.15, 0.2) is 30.3 Å². The van der Waals surface area contributed by atoms with Crippen molar-refractivity contribution in [3.8, 4) is 0 Å². The second-order valence-electron chi connectivity index (χ2n) is 3.39. The molecule has 0 bridgehead atoms. The smallest absolute Gasteiger partial charge is 0.0922 e. The van der Waals surface area contributed by atoms with Crippen molar-refractivity contribution < 1.29 is 5.11 Å². The Morgan fingerprint density at radius 3 is 2.50 bits per heavy atom. The standard InChI is InChI=1S/C11H14OS2/c1-11(12,8-10(13)14-2)9-6-4-3-5-7-9/h3-7,12H,8H2,1-2H3/t11-/m0/s1. The molecule has 0 saturated carbocycles. The van der Waals surface area contributed by atoms with Gasteiger partial charge in [0.25, 0.3) is 0 Å². The third-order valence-electron chi connectivity index (χ3n) is 2.11. The van der Waals surface area contributed by atoms with Crippen molar-refractivity contribution in [1.82, 2.24) is 0 Å². The van der Waals surface area contributed by atoms with Crippen molar-refractivity contribution in [3.05, 3.63) is 35.9 Å². The highest BCUT2D eigenvalue weighted by Gasteiger charge is 2.23. The van der Waals surface area contributed by atoms with Gasteiger partial charge in [-0.25, -0.2) is 0 Å². The van der Waals surface area contributed by atoms with Gasteiger partial charge < -0.3 is 5.11 Å². The fraction of sp³-hybridized carbons (Fsp3) is 0.364. The number of hydrogen-bond donors (Lipinski definition) is 1. The van der Waals surface area contributed by atoms with Crippen LogP contribution in [0.25, 0.3) is 0 Å². The van der Waals surface area contributed by atoms with Crippen LogP contribution in [0.5, 0.6) is 0 Å². The molecule has 0 unspecified atom stereocenters. The number of aliphatic hydroxyl groups is 1. The molecule has 0 radical (unpaired) electrons. The zero-order chi connectivity index (χ0) is 10.6. The van der Waals surface area contributed by atoms with Gasteiger partial charge in [-0.2, -0.15) is 0 Å². The van der Waals surface area contributed by atoms with E-state index in [4.69, 9.17) is 12.2 Å². The minimum absolute atomic E-state index is 0.521. The molecule has 0 aliphatic rings. The molecule has 0 aliphatic heterocycles. The molecular formula is C11H14OS2. The highest BCUT2D eigenvalue weighted by molar-refractivity contribution is 8.22. The summed E-state index contributed by atoms with van der Waals surface area (Å²) in [6.45, 7) is 1.80. The van der Waals surface area contributed by atoms with Gasteiger partial charge in [0, 0.05) is 6.42 Å². The molecule has 1 nitrogen and oxygen atoms in total. The maximum Gasteiger partial charge on any atom is 0.0922 e. The summed E-state index contributed by atoms with van der Waals surface area (Å²) in [5, 5.41) is 10.2. The Kier molecular flexibility index (Phi) is 4.11. The lowest BCUT2D eigenvalue weighted by atomic mass is 9.93. The van der Waals surface area contributed by atoms with E-state index in [2.05, 4.69) is 0 Å². The Hall–Kier alpha value is -0.380. The van der Waals surface area contributed by atoms with Crippen LogP contribution < -0.4 is 0 Å². The van der Waals surface area contributed by atoms with Crippen molar-refractivity contribution in [1.29, 1.82) is 0 Å². The molecule has 14 heavy (non-hydrogen) atoms. The van der Waals surface area contributed by atoms with Crippen molar-refractivity contribution in [2.24, 2.45) is 0 Å². The normalized spacial score (nSPS) is 14.8. The summed E-state index contributed by atoms with van der Waals surface area (Å²) in [6.07, 6.45) is 2.46. The summed E-state index contributed by atoms with van der Waals surface area (Å²) in [7, 11) is 0. The van der Waals surface area contributed by atoms with Gasteiger partial charge in [-0.3, -0.25) is 0 Å². The van der Waals surface area contributed by atoms with Gasteiger partial charge in [0.2, 0.25) is 0 Å². The molecule has 76 valence electrons. The molecular weight excluding hydrogens is 212 g/mol. The number of thiocarbonyl (C=S) groups is 1. The Morgan fingerprint density at radius 2 is 2.00 bits per heavy atom. The molecule has 1 rings (SSSR count). The van der Waals surface area contributed by atoms with Crippen LogP contribution in [-0.2, 0) is 5.60 Å². The van der Waals surface area contributed by atoms with Gasteiger partial charge in [0.15, 0.2) is 0 Å². The quantitative estimate of drug-likeness (QED) is 0.800. The first-order chi connectivity index (χ1) is 6.56. The minimum Gasteiger partial charge on any atom is -0.385 e. The molecule has 0 heterocycles. The topological polar surface area (TPSA) is 20.2 Å². The van der Waals surface area contributed by atoms with Crippen LogP contribution in [0.4, 0.5) is 0 Å². The monoisotopic (exact) mass is 226 g/mol. The van der Waals surface area contributed by atoms with Crippen LogP contribution in [0, 0.1) is 0 Å². The molecule has 1 aromatic carbocycles. The molecule has 1 N–H and O–H groups in total. The van der Waals surface area contributed by atoms with Crippen molar-refractivity contribution in [2.45, 2.75) is 18.9 Å². The molecule has 0 saturated heterocycles. The molecule has 0 amide bonds. The highest BCUT2D eigenvalue weighted by atomic mass is 32.2. The average Bonchev–Trinajstić information content (AvgIpc) is 2.18. The molecule has 0 spiro atoms. The van der Waals surface area contributed by atoms with Gasteiger partial charge in [-0.1, -0.05) is 42.5 Å². The van der Waals surface area contributed by atoms with Crippen LogP contribution >= 0.6 is 24.0 Å². The third-order valence-corrected chi connectivity index (χ3v) is 3.36. The zero-order valence-electron chi connectivity index (χ0n) is 8.36. The number of benzene rings is 1. The summed E-state index contributed by atoms with van der Waals surface area (Å²) in [5.41, 5.74) is 0.0675. The lowest BCUT2D eigenvalue weighted by Crippen LogP contribution is -2.23. The second-order valence-corrected chi connectivity index (χ2v) is 5.05. The zero-order valence-corrected chi connectivity index (χ0v) is 9.99. The van der Waals surface area contributed by atoms with Gasteiger partial charge in [0.1, 0.15) is 0 Å². The number of rotatable bonds is 3. The van der Waals surface area contributed by atoms with Crippen molar-refractivity contribution >= 4 is 28.2 Å². The molecule has 0 aromatic heterocycles. The Morgan fingerprint density at radius 1 is 1.43 bits per heavy atom. The molecule has 0 fully saturated rings. The summed E-state index contributed by atoms with van der Waals surface area (Å²) in [4.78, 5) is 0. The van der Waals surface area contributed by atoms with Crippen LogP contribution in [-0.4, -0.2) is 15.6 Å².